The Labute approximate surface area is 522 Å². The van der Waals surface area contributed by atoms with Gasteiger partial charge in [-0.1, -0.05) is 81.3 Å². The van der Waals surface area contributed by atoms with Gasteiger partial charge in [0.05, 0.1) is 40.0 Å². The van der Waals surface area contributed by atoms with E-state index in [9.17, 15) is 58.1 Å². The number of hydrogen-bond acceptors (Lipinski definition) is 14. The summed E-state index contributed by atoms with van der Waals surface area (Å²) in [5.41, 5.74) is 10.6. The lowest BCUT2D eigenvalue weighted by atomic mass is 9.85. The highest BCUT2D eigenvalue weighted by atomic mass is 35.5. The summed E-state index contributed by atoms with van der Waals surface area (Å²) in [5, 5.41) is 32.9. The normalized spacial score (nSPS) is 18.8. The third kappa shape index (κ3) is 15.6. The minimum atomic E-state index is -5.08. The summed E-state index contributed by atoms with van der Waals surface area (Å²) < 4.78 is 33.9. The van der Waals surface area contributed by atoms with Gasteiger partial charge in [-0.2, -0.15) is 0 Å². The van der Waals surface area contributed by atoms with Crippen molar-refractivity contribution >= 4 is 88.1 Å². The molecular formula is C63H74ClFN9O13PS. The number of aromatic nitrogens is 2. The molecule has 6 aromatic rings. The number of rotatable bonds is 24. The number of H-pyrrole nitrogens is 1. The quantitative estimate of drug-likeness (QED) is 0.0169. The van der Waals surface area contributed by atoms with Crippen LogP contribution in [0.3, 0.4) is 0 Å². The number of β-amino-alcohol motifs (C(OH)–C–C–N with tert-alkyl or cyclic N) is 1. The Morgan fingerprint density at radius 1 is 0.944 bits per heavy atom. The number of anilines is 1. The van der Waals surface area contributed by atoms with Crippen LogP contribution in [0.25, 0.3) is 21.3 Å². The fourth-order valence-electron chi connectivity index (χ4n) is 11.8. The number of nitrogens with zero attached hydrogens (tertiary/aromatic N) is 3. The highest BCUT2D eigenvalue weighted by molar-refractivity contribution is 7.70. The number of carbonyl (C=O) groups excluding carboxylic acids is 7. The number of fused-ring (bicyclic) bond motifs is 1. The maximum Gasteiger partial charge on any atom is 0.396 e. The first kappa shape index (κ1) is 66.0. The number of para-hydroxylation sites is 1. The maximum atomic E-state index is 16.3. The van der Waals surface area contributed by atoms with Gasteiger partial charge in [0.25, 0.3) is 11.4 Å². The average Bonchev–Trinajstić information content (AvgIpc) is 1.83. The second kappa shape index (κ2) is 27.8. The molecule has 3 aliphatic rings. The van der Waals surface area contributed by atoms with Crippen LogP contribution in [-0.2, 0) is 47.8 Å². The Morgan fingerprint density at radius 3 is 2.37 bits per heavy atom. The molecule has 0 aliphatic carbocycles. The maximum absolute atomic E-state index is 16.3. The zero-order valence-corrected chi connectivity index (χ0v) is 52.4. The number of unbranched alkanes of at least 4 members (excludes halogenated alkanes) is 2. The smallest absolute Gasteiger partial charge is 0.396 e. The van der Waals surface area contributed by atoms with E-state index < -0.39 is 108 Å². The first-order valence-electron chi connectivity index (χ1n) is 29.6. The molecule has 26 heteroatoms. The molecule has 0 spiro atoms. The van der Waals surface area contributed by atoms with E-state index in [1.807, 2.05) is 77.1 Å². The molecule has 1 saturated heterocycles. The third-order valence-electron chi connectivity index (χ3n) is 16.5. The monoisotopic (exact) mass is 1280 g/mol. The molecule has 11 N–H and O–H groups in total. The molecule has 6 amide bonds. The van der Waals surface area contributed by atoms with E-state index in [0.717, 1.165) is 32.8 Å². The number of benzene rings is 4. The minimum Gasteiger partial charge on any atom is -0.488 e. The van der Waals surface area contributed by atoms with Crippen molar-refractivity contribution in [2.45, 2.75) is 154 Å². The van der Waals surface area contributed by atoms with Crippen LogP contribution >= 0.6 is 30.5 Å². The summed E-state index contributed by atoms with van der Waals surface area (Å²) in [6.45, 7) is 8.84. The van der Waals surface area contributed by atoms with Crippen molar-refractivity contribution in [3.63, 3.8) is 0 Å². The molecule has 0 radical (unpaired) electrons. The number of amides is 6. The van der Waals surface area contributed by atoms with Crippen LogP contribution in [0.2, 0.25) is 5.02 Å². The molecule has 1 fully saturated rings. The van der Waals surface area contributed by atoms with Crippen LogP contribution in [0.5, 0.6) is 5.75 Å². The highest BCUT2D eigenvalue weighted by Gasteiger charge is 2.46. The molecular weight excluding hydrogens is 1210 g/mol. The van der Waals surface area contributed by atoms with Gasteiger partial charge < -0.3 is 61.6 Å². The molecule has 0 saturated carbocycles. The number of aryl methyl sites for hydroxylation is 3. The zero-order chi connectivity index (χ0) is 64.2. The number of carbonyl (C=O) groups is 7. The summed E-state index contributed by atoms with van der Waals surface area (Å²) in [6, 6.07) is 15.9. The van der Waals surface area contributed by atoms with Crippen molar-refractivity contribution in [3.05, 3.63) is 134 Å². The van der Waals surface area contributed by atoms with E-state index in [4.69, 9.17) is 22.1 Å². The van der Waals surface area contributed by atoms with Gasteiger partial charge in [0.15, 0.2) is 11.6 Å². The lowest BCUT2D eigenvalue weighted by Gasteiger charge is -2.35. The summed E-state index contributed by atoms with van der Waals surface area (Å²) in [6.07, 6.45) is 0.174. The first-order chi connectivity index (χ1) is 42.1. The van der Waals surface area contributed by atoms with E-state index in [1.165, 1.54) is 46.2 Å². The predicted molar refractivity (Wildman–Crippen MR) is 332 cm³/mol. The van der Waals surface area contributed by atoms with Crippen LogP contribution in [0.4, 0.5) is 10.1 Å². The molecule has 1 unspecified atom stereocenters. The SMILES string of the molecule is Cc1ncsc1-c1ccc([C@H](C)NC(=O)[C@@H]2C[C@@H](O)CN2C(=O)[C@@H](NC(=O)CCCCCc2cc(Cl)cc(OC[C@H](CCC(N)O)NC(=O)[C@@H]3Cc4cccc5c4N3C(=O)[C@@H](NC(=O)c3cc4cc(C(=O)P(=O)(O)O)ccc4[nH]3)CC5)c2F)C(C)(C)C)cc1. The lowest BCUT2D eigenvalue weighted by Crippen LogP contribution is -2.57. The molecule has 9 rings (SSSR count). The number of aliphatic hydroxyl groups excluding tert-OH is 2. The van der Waals surface area contributed by atoms with Gasteiger partial charge in [0, 0.05) is 53.4 Å². The van der Waals surface area contributed by atoms with Crippen molar-refractivity contribution < 1.29 is 67.3 Å². The van der Waals surface area contributed by atoms with Crippen molar-refractivity contribution in [1.82, 2.24) is 36.1 Å². The van der Waals surface area contributed by atoms with Gasteiger partial charge in [0.1, 0.15) is 42.7 Å². The van der Waals surface area contributed by atoms with Gasteiger partial charge in [0.2, 0.25) is 29.5 Å². The number of aromatic amines is 1. The van der Waals surface area contributed by atoms with Crippen LogP contribution in [0.15, 0.2) is 84.4 Å². The highest BCUT2D eigenvalue weighted by Crippen LogP contribution is 2.41. The molecule has 0 bridgehead atoms. The Morgan fingerprint density at radius 2 is 1.67 bits per heavy atom. The van der Waals surface area contributed by atoms with E-state index in [1.54, 1.807) is 16.8 Å². The van der Waals surface area contributed by atoms with Crippen molar-refractivity contribution in [1.29, 1.82) is 0 Å². The number of ether oxygens (including phenoxy) is 1. The number of aliphatic hydroxyl groups is 2. The molecule has 4 aromatic carbocycles. The Kier molecular flexibility index (Phi) is 20.6. The largest absolute Gasteiger partial charge is 0.488 e. The van der Waals surface area contributed by atoms with Gasteiger partial charge in [-0.15, -0.1) is 11.3 Å². The summed E-state index contributed by atoms with van der Waals surface area (Å²) in [4.78, 5) is 126. The van der Waals surface area contributed by atoms with Crippen molar-refractivity contribution in [3.8, 4) is 16.2 Å². The van der Waals surface area contributed by atoms with Crippen LogP contribution < -0.4 is 36.6 Å². The number of hydrogen-bond donors (Lipinski definition) is 10. The summed E-state index contributed by atoms with van der Waals surface area (Å²) in [7, 11) is -5.08. The summed E-state index contributed by atoms with van der Waals surface area (Å²) >= 11 is 8.06. The van der Waals surface area contributed by atoms with E-state index in [2.05, 4.69) is 31.2 Å². The second-order valence-corrected chi connectivity index (χ2v) is 27.0. The first-order valence-corrected chi connectivity index (χ1v) is 32.4. The van der Waals surface area contributed by atoms with Gasteiger partial charge in [-0.05, 0) is 122 Å². The van der Waals surface area contributed by atoms with Crippen LogP contribution in [0.1, 0.15) is 134 Å². The van der Waals surface area contributed by atoms with Crippen molar-refractivity contribution in [2.24, 2.45) is 11.1 Å². The van der Waals surface area contributed by atoms with Crippen LogP contribution in [-0.4, -0.2) is 132 Å². The third-order valence-corrected chi connectivity index (χ3v) is 18.5. The Hall–Kier alpha value is -7.41. The zero-order valence-electron chi connectivity index (χ0n) is 49.9. The predicted octanol–water partition coefficient (Wildman–Crippen LogP) is 6.81. The second-order valence-electron chi connectivity index (χ2n) is 24.2. The van der Waals surface area contributed by atoms with Gasteiger partial charge in [-0.3, -0.25) is 43.0 Å². The number of halogens is 2. The molecule has 3 aliphatic heterocycles. The molecule has 22 nitrogen and oxygen atoms in total. The summed E-state index contributed by atoms with van der Waals surface area (Å²) in [5.74, 6) is -4.01. The topological polar surface area (TPSA) is 336 Å². The molecule has 474 valence electrons. The van der Waals surface area contributed by atoms with Gasteiger partial charge >= 0.3 is 7.60 Å². The van der Waals surface area contributed by atoms with E-state index in [0.29, 0.717) is 42.3 Å². The Balaban J connectivity index is 0.780. The van der Waals surface area contributed by atoms with Crippen LogP contribution in [0, 0.1) is 18.2 Å². The average molecular weight is 1280 g/mol. The minimum absolute atomic E-state index is 0.00673. The van der Waals surface area contributed by atoms with E-state index >= 15 is 4.39 Å². The molecule has 2 aromatic heterocycles. The molecule has 8 atom stereocenters. The van der Waals surface area contributed by atoms with Crippen molar-refractivity contribution in [2.75, 3.05) is 18.1 Å². The standard InChI is InChI=1S/C63H74ClFN9O13PS/c1-33(35-14-16-37(17-15-35)55-34(2)67-32-89-55)68-58(79)48-29-44(75)30-73(48)61(82)56(63(3,4)5)72-52(77)13-8-6-7-10-38-25-42(64)28-50(53(38)65)87-31-43(20-23-51(66)76)69-59(80)49-27-39-12-9-11-36-18-22-46(60(81)74(49)54(36)39)71-57(78)47-26-41-24-40(19-21-45(41)70-47)62(83)88(84,85)86/h9,11-12,14-17,19,21,24-26,28,32-33,43-44,46,48-49,51,56,70,75-76H,6-8,10,13,18,20,22-23,27,29-31,66H2,1-5H3,(H,68,79)(H,69,80)(H,71,78)(H,72,77)(H2,84,85,86)/t33-,43-,44+,46-,48-,49-,51?,56+/m0/s1. The number of nitrogens with two attached hydrogens (primary N) is 1. The number of nitrogens with one attached hydrogen (secondary N) is 5. The number of likely N-dealkylation sites (tertiary alicyclic amines) is 1. The van der Waals surface area contributed by atoms with Gasteiger partial charge in [-0.25, -0.2) is 9.37 Å². The Bertz CT molecular complexity index is 3720. The lowest BCUT2D eigenvalue weighted by molar-refractivity contribution is -0.144. The van der Waals surface area contributed by atoms with E-state index in [-0.39, 0.29) is 85.7 Å². The number of thiazole rings is 1. The molecule has 89 heavy (non-hydrogen) atoms. The molecule has 5 heterocycles. The fraction of sp³-hybridized carbons (Fsp3) is 0.429. The fourth-order valence-corrected chi connectivity index (χ4v) is 13.3.